The van der Waals surface area contributed by atoms with E-state index in [9.17, 15) is 13.6 Å². The predicted molar refractivity (Wildman–Crippen MR) is 107 cm³/mol. The second kappa shape index (κ2) is 6.44. The van der Waals surface area contributed by atoms with E-state index in [1.165, 1.54) is 18.2 Å². The Labute approximate surface area is 169 Å². The van der Waals surface area contributed by atoms with Gasteiger partial charge in [0.1, 0.15) is 11.6 Å². The summed E-state index contributed by atoms with van der Waals surface area (Å²) in [6.07, 6.45) is 3.37. The summed E-state index contributed by atoms with van der Waals surface area (Å²) in [4.78, 5) is 15.5. The Balaban J connectivity index is 1.89. The second-order valence-corrected chi connectivity index (χ2v) is 8.95. The molecule has 1 heterocycles. The molecule has 29 heavy (non-hydrogen) atoms. The Morgan fingerprint density at radius 2 is 1.86 bits per heavy atom. The number of hydrogen-bond acceptors (Lipinski definition) is 4. The highest BCUT2D eigenvalue weighted by Crippen LogP contribution is 2.68. The molecule has 2 aromatic rings. The molecule has 4 nitrogen and oxygen atoms in total. The maximum absolute atomic E-state index is 14.3. The van der Waals surface area contributed by atoms with Crippen LogP contribution in [0.5, 0.6) is 0 Å². The van der Waals surface area contributed by atoms with Gasteiger partial charge in [-0.05, 0) is 54.9 Å². The number of nitrogens with zero attached hydrogens (tertiary/aromatic N) is 3. The summed E-state index contributed by atoms with van der Waals surface area (Å²) in [6, 6.07) is 5.48. The number of aromatic nitrogens is 2. The van der Waals surface area contributed by atoms with Crippen molar-refractivity contribution in [3.8, 4) is 11.3 Å². The lowest BCUT2D eigenvalue weighted by molar-refractivity contribution is -0.124. The van der Waals surface area contributed by atoms with Crippen molar-refractivity contribution in [2.24, 2.45) is 5.41 Å². The number of ketones is 1. The lowest BCUT2D eigenvalue weighted by Gasteiger charge is -2.36. The fourth-order valence-electron chi connectivity index (χ4n) is 5.47. The van der Waals surface area contributed by atoms with Gasteiger partial charge in [-0.15, -0.1) is 5.10 Å². The van der Waals surface area contributed by atoms with E-state index in [-0.39, 0.29) is 28.4 Å². The minimum atomic E-state index is -0.761. The fraction of sp³-hybridized carbons (Fsp3) is 0.435. The van der Waals surface area contributed by atoms with Crippen molar-refractivity contribution in [1.29, 1.82) is 0 Å². The van der Waals surface area contributed by atoms with Gasteiger partial charge in [0.05, 0.1) is 22.4 Å². The molecule has 0 N–H and O–H groups in total. The number of halogens is 2. The van der Waals surface area contributed by atoms with Crippen LogP contribution in [-0.4, -0.2) is 35.0 Å². The van der Waals surface area contributed by atoms with E-state index < -0.39 is 17.0 Å². The quantitative estimate of drug-likeness (QED) is 0.707. The van der Waals surface area contributed by atoms with Gasteiger partial charge in [-0.25, -0.2) is 8.78 Å². The lowest BCUT2D eigenvalue weighted by Crippen LogP contribution is -2.44. The van der Waals surface area contributed by atoms with Crippen molar-refractivity contribution in [1.82, 2.24) is 15.1 Å². The Morgan fingerprint density at radius 1 is 1.21 bits per heavy atom. The minimum Gasteiger partial charge on any atom is -0.383 e. The number of allylic oxidation sites excluding steroid dienone is 1. The van der Waals surface area contributed by atoms with Crippen molar-refractivity contribution < 1.29 is 13.6 Å². The summed E-state index contributed by atoms with van der Waals surface area (Å²) >= 11 is 0. The molecule has 0 spiro atoms. The van der Waals surface area contributed by atoms with Crippen LogP contribution in [0.15, 0.2) is 36.0 Å². The number of carbonyl (C=O) groups excluding carboxylic acids is 1. The zero-order valence-electron chi connectivity index (χ0n) is 17.4. The van der Waals surface area contributed by atoms with Gasteiger partial charge in [-0.3, -0.25) is 4.79 Å². The molecule has 1 fully saturated rings. The predicted octanol–water partition coefficient (Wildman–Crippen LogP) is 4.61. The van der Waals surface area contributed by atoms with Crippen LogP contribution in [-0.2, 0) is 10.2 Å². The summed E-state index contributed by atoms with van der Waals surface area (Å²) < 4.78 is 28.6. The Hall–Kier alpha value is -2.63. The standard InChI is InChI=1S/C23H25F2N3O/c1-13(12-28(4)5)21(29)23-10-9-15(22(23,2)3)14-11-18(26-27-20(14)23)19-16(24)7-6-8-17(19)25/h6-8,11-12,15H,9-10H2,1-5H3/b13-12+/t15-,23+/m0/s1. The highest BCUT2D eigenvalue weighted by atomic mass is 19.1. The zero-order valence-corrected chi connectivity index (χ0v) is 17.4. The number of carbonyl (C=O) groups is 1. The van der Waals surface area contributed by atoms with Gasteiger partial charge in [0.2, 0.25) is 0 Å². The molecule has 152 valence electrons. The van der Waals surface area contributed by atoms with Gasteiger partial charge in [0, 0.05) is 25.9 Å². The molecule has 1 aromatic heterocycles. The number of rotatable bonds is 4. The zero-order chi connectivity index (χ0) is 21.1. The summed E-state index contributed by atoms with van der Waals surface area (Å²) in [5.74, 6) is -1.19. The third kappa shape index (κ3) is 2.57. The molecule has 0 amide bonds. The molecule has 1 aromatic carbocycles. The van der Waals surface area contributed by atoms with Crippen LogP contribution in [0.4, 0.5) is 8.78 Å². The average Bonchev–Trinajstić information content (AvgIpc) is 3.02. The lowest BCUT2D eigenvalue weighted by atomic mass is 9.64. The molecule has 0 saturated heterocycles. The van der Waals surface area contributed by atoms with E-state index in [1.54, 1.807) is 6.07 Å². The molecule has 2 aliphatic carbocycles. The van der Waals surface area contributed by atoms with Crippen LogP contribution in [0.25, 0.3) is 11.3 Å². The first-order valence-corrected chi connectivity index (χ1v) is 9.83. The molecular formula is C23H25F2N3O. The van der Waals surface area contributed by atoms with E-state index >= 15 is 0 Å². The SMILES string of the molecule is C/C(=C\N(C)C)C(=O)[C@@]12CC[C@@H](c3cc(-c4c(F)cccc4F)nnc31)C2(C)C. The summed E-state index contributed by atoms with van der Waals surface area (Å²) in [5, 5.41) is 8.57. The van der Waals surface area contributed by atoms with Crippen LogP contribution in [0, 0.1) is 17.0 Å². The fourth-order valence-corrected chi connectivity index (χ4v) is 5.47. The summed E-state index contributed by atoms with van der Waals surface area (Å²) in [5.41, 5.74) is 1.11. The highest BCUT2D eigenvalue weighted by Gasteiger charge is 2.67. The first-order valence-electron chi connectivity index (χ1n) is 9.83. The van der Waals surface area contributed by atoms with E-state index in [1.807, 2.05) is 32.1 Å². The van der Waals surface area contributed by atoms with Gasteiger partial charge < -0.3 is 4.90 Å². The number of fused-ring (bicyclic) bond motifs is 5. The summed E-state index contributed by atoms with van der Waals surface area (Å²) in [7, 11) is 3.77. The molecule has 4 rings (SSSR count). The van der Waals surface area contributed by atoms with Gasteiger partial charge in [-0.1, -0.05) is 19.9 Å². The van der Waals surface area contributed by atoms with Crippen LogP contribution >= 0.6 is 0 Å². The molecule has 0 unspecified atom stereocenters. The summed E-state index contributed by atoms with van der Waals surface area (Å²) in [6.45, 7) is 6.02. The first kappa shape index (κ1) is 19.7. The van der Waals surface area contributed by atoms with Gasteiger partial charge in [0.15, 0.2) is 5.78 Å². The normalized spacial score (nSPS) is 24.5. The Morgan fingerprint density at radius 3 is 2.48 bits per heavy atom. The van der Waals surface area contributed by atoms with Crippen LogP contribution < -0.4 is 0 Å². The highest BCUT2D eigenvalue weighted by molar-refractivity contribution is 6.05. The third-order valence-corrected chi connectivity index (χ3v) is 6.80. The second-order valence-electron chi connectivity index (χ2n) is 8.95. The molecule has 0 radical (unpaired) electrons. The van der Waals surface area contributed by atoms with E-state index in [0.717, 1.165) is 12.0 Å². The van der Waals surface area contributed by atoms with Crippen molar-refractivity contribution in [3.05, 3.63) is 58.9 Å². The van der Waals surface area contributed by atoms with Gasteiger partial charge in [-0.2, -0.15) is 5.10 Å². The maximum Gasteiger partial charge on any atom is 0.172 e. The van der Waals surface area contributed by atoms with Crippen molar-refractivity contribution in [3.63, 3.8) is 0 Å². The van der Waals surface area contributed by atoms with Crippen molar-refractivity contribution in [2.75, 3.05) is 14.1 Å². The van der Waals surface area contributed by atoms with Crippen molar-refractivity contribution >= 4 is 5.78 Å². The van der Waals surface area contributed by atoms with Crippen LogP contribution in [0.2, 0.25) is 0 Å². The topological polar surface area (TPSA) is 46.1 Å². The van der Waals surface area contributed by atoms with Gasteiger partial charge >= 0.3 is 0 Å². The maximum atomic E-state index is 14.3. The molecule has 6 heteroatoms. The van der Waals surface area contributed by atoms with E-state index in [0.29, 0.717) is 17.7 Å². The number of hydrogen-bond donors (Lipinski definition) is 0. The minimum absolute atomic E-state index is 0.0524. The van der Waals surface area contributed by atoms with Gasteiger partial charge in [0.25, 0.3) is 0 Å². The van der Waals surface area contributed by atoms with Crippen LogP contribution in [0.1, 0.15) is 50.8 Å². The number of benzene rings is 1. The Bertz CT molecular complexity index is 1020. The molecule has 2 atom stereocenters. The molecule has 2 bridgehead atoms. The van der Waals surface area contributed by atoms with Crippen molar-refractivity contribution in [2.45, 2.75) is 44.9 Å². The monoisotopic (exact) mass is 397 g/mol. The third-order valence-electron chi connectivity index (χ3n) is 6.80. The molecule has 2 aliphatic rings. The van der Waals surface area contributed by atoms with E-state index in [2.05, 4.69) is 24.0 Å². The molecule has 1 saturated carbocycles. The van der Waals surface area contributed by atoms with E-state index in [4.69, 9.17) is 0 Å². The molecule has 0 aliphatic heterocycles. The average molecular weight is 397 g/mol. The molecular weight excluding hydrogens is 372 g/mol. The smallest absolute Gasteiger partial charge is 0.172 e. The largest absolute Gasteiger partial charge is 0.383 e. The first-order chi connectivity index (χ1) is 13.6. The Kier molecular flexibility index (Phi) is 4.37. The van der Waals surface area contributed by atoms with Crippen LogP contribution in [0.3, 0.4) is 0 Å². The number of Topliss-reactive ketones (excluding diaryl/α,β-unsaturated/α-hetero) is 1.